The summed E-state index contributed by atoms with van der Waals surface area (Å²) in [4.78, 5) is 17.3. The Morgan fingerprint density at radius 1 is 1.03 bits per heavy atom. The fourth-order valence-corrected chi connectivity index (χ4v) is 4.64. The van der Waals surface area contributed by atoms with Crippen LogP contribution in [0.25, 0.3) is 0 Å². The number of carbonyl (C=O) groups is 1. The number of sulfonamides is 1. The van der Waals surface area contributed by atoms with Gasteiger partial charge < -0.3 is 20.0 Å². The smallest absolute Gasteiger partial charge is 0.365 e. The monoisotopic (exact) mass is 447 g/mol. The highest BCUT2D eigenvalue weighted by Gasteiger charge is 2.23. The average Bonchev–Trinajstić information content (AvgIpc) is 3.25. The van der Waals surface area contributed by atoms with E-state index in [9.17, 15) is 13.2 Å². The largest absolute Gasteiger partial charge is 0.454 e. The number of rotatable bonds is 9. The summed E-state index contributed by atoms with van der Waals surface area (Å²) >= 11 is 0. The summed E-state index contributed by atoms with van der Waals surface area (Å²) < 4.78 is 37.5. The van der Waals surface area contributed by atoms with Crippen molar-refractivity contribution in [1.82, 2.24) is 4.31 Å². The molecule has 2 aromatic rings. The van der Waals surface area contributed by atoms with Crippen LogP contribution in [0.2, 0.25) is 0 Å². The molecule has 0 fully saturated rings. The van der Waals surface area contributed by atoms with Crippen LogP contribution in [0.3, 0.4) is 0 Å². The van der Waals surface area contributed by atoms with Crippen molar-refractivity contribution in [2.45, 2.75) is 31.6 Å². The van der Waals surface area contributed by atoms with Gasteiger partial charge in [-0.3, -0.25) is 0 Å². The highest BCUT2D eigenvalue weighted by molar-refractivity contribution is 7.89. The number of oxime groups is 1. The van der Waals surface area contributed by atoms with Crippen LogP contribution < -0.4 is 15.2 Å². The van der Waals surface area contributed by atoms with Crippen molar-refractivity contribution < 1.29 is 27.5 Å². The van der Waals surface area contributed by atoms with Crippen molar-refractivity contribution in [2.75, 3.05) is 19.9 Å². The van der Waals surface area contributed by atoms with Crippen LogP contribution in [-0.4, -0.2) is 44.4 Å². The van der Waals surface area contributed by atoms with Crippen LogP contribution in [0.5, 0.6) is 11.5 Å². The van der Waals surface area contributed by atoms with E-state index in [1.54, 1.807) is 18.2 Å². The van der Waals surface area contributed by atoms with Gasteiger partial charge in [-0.25, -0.2) is 13.2 Å². The fourth-order valence-electron chi connectivity index (χ4n) is 3.01. The highest BCUT2D eigenvalue weighted by atomic mass is 32.2. The lowest BCUT2D eigenvalue weighted by molar-refractivity contribution is 0.0516. The molecule has 9 nitrogen and oxygen atoms in total. The van der Waals surface area contributed by atoms with Crippen LogP contribution in [0, 0.1) is 0 Å². The molecule has 3 rings (SSSR count). The summed E-state index contributed by atoms with van der Waals surface area (Å²) in [5.41, 5.74) is 6.54. The minimum Gasteiger partial charge on any atom is -0.454 e. The molecule has 31 heavy (non-hydrogen) atoms. The molecule has 1 heterocycles. The van der Waals surface area contributed by atoms with Crippen LogP contribution in [-0.2, 0) is 14.9 Å². The molecular weight excluding hydrogens is 422 g/mol. The summed E-state index contributed by atoms with van der Waals surface area (Å²) in [6.45, 7) is 4.85. The molecule has 0 saturated carbocycles. The van der Waals surface area contributed by atoms with E-state index in [0.29, 0.717) is 43.0 Å². The number of nitrogens with two attached hydrogens (primary N) is 1. The average molecular weight is 448 g/mol. The Labute approximate surface area is 181 Å². The summed E-state index contributed by atoms with van der Waals surface area (Å²) in [6.07, 6.45) is 1.43. The van der Waals surface area contributed by atoms with Gasteiger partial charge >= 0.3 is 5.97 Å². The Kier molecular flexibility index (Phi) is 7.13. The number of fused-ring (bicyclic) bond motifs is 1. The Hall–Kier alpha value is -3.11. The van der Waals surface area contributed by atoms with E-state index < -0.39 is 16.0 Å². The third-order valence-corrected chi connectivity index (χ3v) is 6.48. The first-order chi connectivity index (χ1) is 14.9. The van der Waals surface area contributed by atoms with Crippen molar-refractivity contribution in [3.63, 3.8) is 0 Å². The van der Waals surface area contributed by atoms with E-state index in [1.165, 1.54) is 28.6 Å². The molecule has 0 spiro atoms. The van der Waals surface area contributed by atoms with Gasteiger partial charge in [-0.2, -0.15) is 4.31 Å². The Morgan fingerprint density at radius 3 is 2.29 bits per heavy atom. The van der Waals surface area contributed by atoms with Crippen LogP contribution >= 0.6 is 0 Å². The van der Waals surface area contributed by atoms with Gasteiger partial charge in [0.2, 0.25) is 16.8 Å². The summed E-state index contributed by atoms with van der Waals surface area (Å²) in [5, 5.41) is 3.67. The first kappa shape index (κ1) is 22.6. The third kappa shape index (κ3) is 5.15. The number of carbonyl (C=O) groups excluding carboxylic acids is 1. The lowest BCUT2D eigenvalue weighted by atomic mass is 10.2. The van der Waals surface area contributed by atoms with Gasteiger partial charge in [-0.15, -0.1) is 0 Å². The van der Waals surface area contributed by atoms with Crippen molar-refractivity contribution in [1.29, 1.82) is 0 Å². The molecule has 2 aromatic carbocycles. The number of nitrogens with zero attached hydrogens (tertiary/aromatic N) is 2. The normalized spacial score (nSPS) is 13.5. The molecule has 166 valence electrons. The lowest BCUT2D eigenvalue weighted by Crippen LogP contribution is -2.32. The van der Waals surface area contributed by atoms with E-state index in [2.05, 4.69) is 5.16 Å². The Balaban J connectivity index is 1.69. The topological polar surface area (TPSA) is 121 Å². The molecule has 0 atom stereocenters. The van der Waals surface area contributed by atoms with Crippen molar-refractivity contribution in [3.8, 4) is 11.5 Å². The lowest BCUT2D eigenvalue weighted by Gasteiger charge is -2.21. The molecule has 0 saturated heterocycles. The number of benzene rings is 2. The predicted molar refractivity (Wildman–Crippen MR) is 114 cm³/mol. The first-order valence-electron chi connectivity index (χ1n) is 9.91. The minimum atomic E-state index is -3.62. The maximum atomic E-state index is 12.8. The van der Waals surface area contributed by atoms with Gasteiger partial charge in [0.05, 0.1) is 10.5 Å². The standard InChI is InChI=1S/C21H25N3O6S/c1-3-11-24(12-4-2)31(26,27)17-8-5-15(6-9-17)21(25)30-23-20(22)16-7-10-18-19(13-16)29-14-28-18/h5-10,13H,3-4,11-12,14H2,1-2H3,(H2,22,23). The summed E-state index contributed by atoms with van der Waals surface area (Å²) in [7, 11) is -3.62. The first-order valence-corrected chi connectivity index (χ1v) is 11.4. The van der Waals surface area contributed by atoms with Gasteiger partial charge in [0.1, 0.15) is 0 Å². The molecule has 1 aliphatic heterocycles. The number of ether oxygens (including phenoxy) is 2. The van der Waals surface area contributed by atoms with Gasteiger partial charge in [-0.1, -0.05) is 19.0 Å². The molecule has 0 aromatic heterocycles. The number of hydrogen-bond acceptors (Lipinski definition) is 7. The van der Waals surface area contributed by atoms with E-state index >= 15 is 0 Å². The van der Waals surface area contributed by atoms with E-state index in [1.807, 2.05) is 13.8 Å². The quantitative estimate of drug-likeness (QED) is 0.271. The molecular formula is C21H25N3O6S. The number of amidine groups is 1. The molecule has 0 radical (unpaired) electrons. The predicted octanol–water partition coefficient (Wildman–Crippen LogP) is 2.70. The van der Waals surface area contributed by atoms with E-state index in [0.717, 1.165) is 0 Å². The molecule has 2 N–H and O–H groups in total. The Morgan fingerprint density at radius 2 is 1.65 bits per heavy atom. The maximum Gasteiger partial charge on any atom is 0.365 e. The second-order valence-corrected chi connectivity index (χ2v) is 8.79. The second-order valence-electron chi connectivity index (χ2n) is 6.85. The zero-order chi connectivity index (χ0) is 22.4. The molecule has 0 amide bonds. The Bertz CT molecular complexity index is 1060. The third-order valence-electron chi connectivity index (χ3n) is 4.57. The SMILES string of the molecule is CCCN(CCC)S(=O)(=O)c1ccc(C(=O)O/N=C(\N)c2ccc3c(c2)OCO3)cc1. The van der Waals surface area contributed by atoms with Gasteiger partial charge in [0.15, 0.2) is 17.3 Å². The van der Waals surface area contributed by atoms with E-state index in [4.69, 9.17) is 20.0 Å². The summed E-state index contributed by atoms with van der Waals surface area (Å²) in [6, 6.07) is 10.5. The van der Waals surface area contributed by atoms with Crippen LogP contribution in [0.1, 0.15) is 42.6 Å². The van der Waals surface area contributed by atoms with Crippen LogP contribution in [0.15, 0.2) is 52.5 Å². The van der Waals surface area contributed by atoms with Crippen LogP contribution in [0.4, 0.5) is 0 Å². The molecule has 0 unspecified atom stereocenters. The van der Waals surface area contributed by atoms with Crippen molar-refractivity contribution in [3.05, 3.63) is 53.6 Å². The number of hydrogen-bond donors (Lipinski definition) is 1. The summed E-state index contributed by atoms with van der Waals surface area (Å²) in [5.74, 6) is 0.353. The molecule has 0 bridgehead atoms. The van der Waals surface area contributed by atoms with Crippen molar-refractivity contribution >= 4 is 21.8 Å². The second kappa shape index (κ2) is 9.80. The maximum absolute atomic E-state index is 12.8. The zero-order valence-corrected chi connectivity index (χ0v) is 18.2. The fraction of sp³-hybridized carbons (Fsp3) is 0.333. The highest BCUT2D eigenvalue weighted by Crippen LogP contribution is 2.32. The van der Waals surface area contributed by atoms with Gasteiger partial charge in [0.25, 0.3) is 0 Å². The molecule has 0 aliphatic carbocycles. The minimum absolute atomic E-state index is 0.0133. The molecule has 10 heteroatoms. The zero-order valence-electron chi connectivity index (χ0n) is 17.4. The van der Waals surface area contributed by atoms with Gasteiger partial charge in [0, 0.05) is 18.7 Å². The van der Waals surface area contributed by atoms with E-state index in [-0.39, 0.29) is 23.1 Å². The van der Waals surface area contributed by atoms with Gasteiger partial charge in [-0.05, 0) is 55.3 Å². The van der Waals surface area contributed by atoms with Crippen molar-refractivity contribution in [2.24, 2.45) is 10.9 Å². The molecule has 1 aliphatic rings.